The van der Waals surface area contributed by atoms with Crippen molar-refractivity contribution in [2.24, 2.45) is 0 Å². The van der Waals surface area contributed by atoms with Crippen LogP contribution in [0.2, 0.25) is 0 Å². The lowest BCUT2D eigenvalue weighted by Gasteiger charge is -2.06. The van der Waals surface area contributed by atoms with E-state index < -0.39 is 0 Å². The quantitative estimate of drug-likeness (QED) is 0.547. The normalized spacial score (nSPS) is 10.8. The SMILES string of the molecule is COc1cc(OC)cc(-c2cc(C=CC(=O)c3ccccc3)[nH]n2)c1. The first-order chi connectivity index (χ1) is 12.2. The number of nitrogens with zero attached hydrogens (tertiary/aromatic N) is 1. The molecular formula is C20H18N2O3. The number of aromatic amines is 1. The Kier molecular flexibility index (Phi) is 4.95. The molecule has 0 radical (unpaired) electrons. The summed E-state index contributed by atoms with van der Waals surface area (Å²) in [5.41, 5.74) is 2.99. The van der Waals surface area contributed by atoms with Crippen LogP contribution in [-0.2, 0) is 0 Å². The number of rotatable bonds is 6. The van der Waals surface area contributed by atoms with E-state index in [1.54, 1.807) is 38.5 Å². The van der Waals surface area contributed by atoms with Crippen LogP contribution >= 0.6 is 0 Å². The third-order valence-electron chi connectivity index (χ3n) is 3.72. The Labute approximate surface area is 145 Å². The fraction of sp³-hybridized carbons (Fsp3) is 0.100. The molecule has 2 aromatic carbocycles. The molecule has 3 rings (SSSR count). The molecule has 25 heavy (non-hydrogen) atoms. The van der Waals surface area contributed by atoms with Crippen molar-refractivity contribution >= 4 is 11.9 Å². The smallest absolute Gasteiger partial charge is 0.185 e. The van der Waals surface area contributed by atoms with Crippen molar-refractivity contribution in [2.75, 3.05) is 14.2 Å². The summed E-state index contributed by atoms with van der Waals surface area (Å²) in [6.07, 6.45) is 3.24. The van der Waals surface area contributed by atoms with Crippen LogP contribution < -0.4 is 9.47 Å². The molecule has 0 aliphatic carbocycles. The third-order valence-corrected chi connectivity index (χ3v) is 3.72. The highest BCUT2D eigenvalue weighted by Gasteiger charge is 2.08. The van der Waals surface area contributed by atoms with Crippen LogP contribution in [0, 0.1) is 0 Å². The van der Waals surface area contributed by atoms with Gasteiger partial charge in [-0.3, -0.25) is 9.89 Å². The van der Waals surface area contributed by atoms with E-state index in [0.29, 0.717) is 17.1 Å². The van der Waals surface area contributed by atoms with E-state index in [-0.39, 0.29) is 5.78 Å². The zero-order chi connectivity index (χ0) is 17.6. The molecule has 5 nitrogen and oxygen atoms in total. The van der Waals surface area contributed by atoms with Gasteiger partial charge in [-0.05, 0) is 30.4 Å². The van der Waals surface area contributed by atoms with Crippen molar-refractivity contribution in [1.82, 2.24) is 10.2 Å². The maximum Gasteiger partial charge on any atom is 0.185 e. The van der Waals surface area contributed by atoms with Crippen molar-refractivity contribution in [1.29, 1.82) is 0 Å². The van der Waals surface area contributed by atoms with Crippen molar-refractivity contribution < 1.29 is 14.3 Å². The Morgan fingerprint density at radius 2 is 1.68 bits per heavy atom. The number of aromatic nitrogens is 2. The van der Waals surface area contributed by atoms with Gasteiger partial charge in [0.15, 0.2) is 5.78 Å². The van der Waals surface area contributed by atoms with Gasteiger partial charge in [-0.2, -0.15) is 5.10 Å². The summed E-state index contributed by atoms with van der Waals surface area (Å²) in [5.74, 6) is 1.32. The first-order valence-corrected chi connectivity index (χ1v) is 7.76. The monoisotopic (exact) mass is 334 g/mol. The largest absolute Gasteiger partial charge is 0.497 e. The maximum absolute atomic E-state index is 12.1. The minimum atomic E-state index is -0.0557. The lowest BCUT2D eigenvalue weighted by atomic mass is 10.1. The van der Waals surface area contributed by atoms with Gasteiger partial charge < -0.3 is 9.47 Å². The summed E-state index contributed by atoms with van der Waals surface area (Å²) in [6, 6.07) is 16.5. The van der Waals surface area contributed by atoms with E-state index in [1.807, 2.05) is 36.4 Å². The predicted octanol–water partition coefficient (Wildman–Crippen LogP) is 3.99. The second-order valence-corrected chi connectivity index (χ2v) is 5.37. The molecule has 3 aromatic rings. The van der Waals surface area contributed by atoms with Crippen molar-refractivity contribution in [3.63, 3.8) is 0 Å². The predicted molar refractivity (Wildman–Crippen MR) is 96.9 cm³/mol. The molecule has 0 atom stereocenters. The molecule has 0 aliphatic rings. The highest BCUT2D eigenvalue weighted by Crippen LogP contribution is 2.29. The number of methoxy groups -OCH3 is 2. The molecule has 1 heterocycles. The number of H-pyrrole nitrogens is 1. The summed E-state index contributed by atoms with van der Waals surface area (Å²) in [7, 11) is 3.21. The molecule has 0 amide bonds. The fourth-order valence-electron chi connectivity index (χ4n) is 2.39. The van der Waals surface area contributed by atoms with Crippen LogP contribution in [0.4, 0.5) is 0 Å². The van der Waals surface area contributed by atoms with Gasteiger partial charge in [0.2, 0.25) is 0 Å². The van der Waals surface area contributed by atoms with Crippen LogP contribution in [0.5, 0.6) is 11.5 Å². The molecule has 0 spiro atoms. The topological polar surface area (TPSA) is 64.2 Å². The van der Waals surface area contributed by atoms with Crippen LogP contribution in [0.15, 0.2) is 60.7 Å². The lowest BCUT2D eigenvalue weighted by Crippen LogP contribution is -1.92. The number of hydrogen-bond acceptors (Lipinski definition) is 4. The number of ether oxygens (including phenoxy) is 2. The van der Waals surface area contributed by atoms with Crippen molar-refractivity contribution in [2.45, 2.75) is 0 Å². The molecule has 5 heteroatoms. The lowest BCUT2D eigenvalue weighted by molar-refractivity contribution is 0.104. The van der Waals surface area contributed by atoms with Crippen LogP contribution in [0.3, 0.4) is 0 Å². The Balaban J connectivity index is 1.81. The highest BCUT2D eigenvalue weighted by atomic mass is 16.5. The minimum Gasteiger partial charge on any atom is -0.497 e. The van der Waals surface area contributed by atoms with E-state index in [0.717, 1.165) is 17.0 Å². The molecule has 126 valence electrons. The first-order valence-electron chi connectivity index (χ1n) is 7.76. The molecule has 1 N–H and O–H groups in total. The van der Waals surface area contributed by atoms with Crippen molar-refractivity contribution in [3.8, 4) is 22.8 Å². The van der Waals surface area contributed by atoms with Crippen molar-refractivity contribution in [3.05, 3.63) is 71.9 Å². The number of allylic oxidation sites excluding steroid dienone is 1. The standard InChI is InChI=1S/C20H18N2O3/c1-24-17-10-15(11-18(13-17)25-2)19-12-16(21-22-19)8-9-20(23)14-6-4-3-5-7-14/h3-13H,1-2H3,(H,21,22). The Morgan fingerprint density at radius 3 is 2.32 bits per heavy atom. The Bertz CT molecular complexity index is 876. The molecule has 0 fully saturated rings. The fourth-order valence-corrected chi connectivity index (χ4v) is 2.39. The molecule has 0 bridgehead atoms. The summed E-state index contributed by atoms with van der Waals surface area (Å²) >= 11 is 0. The number of ketones is 1. The molecule has 0 saturated carbocycles. The van der Waals surface area contributed by atoms with Crippen LogP contribution in [0.1, 0.15) is 16.1 Å². The van der Waals surface area contributed by atoms with E-state index in [1.165, 1.54) is 6.08 Å². The van der Waals surface area contributed by atoms with E-state index in [2.05, 4.69) is 10.2 Å². The summed E-state index contributed by atoms with van der Waals surface area (Å²) in [4.78, 5) is 12.1. The van der Waals surface area contributed by atoms with Crippen LogP contribution in [0.25, 0.3) is 17.3 Å². The zero-order valence-corrected chi connectivity index (χ0v) is 14.0. The van der Waals surface area contributed by atoms with Gasteiger partial charge in [-0.1, -0.05) is 30.3 Å². The van der Waals surface area contributed by atoms with Gasteiger partial charge in [0.25, 0.3) is 0 Å². The number of carbonyl (C=O) groups is 1. The highest BCUT2D eigenvalue weighted by molar-refractivity contribution is 6.06. The van der Waals surface area contributed by atoms with Gasteiger partial charge >= 0.3 is 0 Å². The summed E-state index contributed by atoms with van der Waals surface area (Å²) in [6.45, 7) is 0. The number of nitrogens with one attached hydrogen (secondary N) is 1. The second kappa shape index (κ2) is 7.49. The maximum atomic E-state index is 12.1. The third kappa shape index (κ3) is 3.95. The Morgan fingerprint density at radius 1 is 1.00 bits per heavy atom. The minimum absolute atomic E-state index is 0.0557. The second-order valence-electron chi connectivity index (χ2n) is 5.37. The van der Waals surface area contributed by atoms with Gasteiger partial charge in [0.05, 0.1) is 25.6 Å². The molecule has 0 saturated heterocycles. The number of hydrogen-bond donors (Lipinski definition) is 1. The number of benzene rings is 2. The van der Waals surface area contributed by atoms with Gasteiger partial charge in [-0.15, -0.1) is 0 Å². The molecule has 0 aliphatic heterocycles. The number of carbonyl (C=O) groups excluding carboxylic acids is 1. The summed E-state index contributed by atoms with van der Waals surface area (Å²) < 4.78 is 10.6. The summed E-state index contributed by atoms with van der Waals surface area (Å²) in [5, 5.41) is 7.20. The molecule has 0 unspecified atom stereocenters. The van der Waals surface area contributed by atoms with E-state index in [4.69, 9.17) is 9.47 Å². The van der Waals surface area contributed by atoms with Gasteiger partial charge in [0.1, 0.15) is 11.5 Å². The van der Waals surface area contributed by atoms with Gasteiger partial charge in [-0.25, -0.2) is 0 Å². The van der Waals surface area contributed by atoms with Gasteiger partial charge in [0, 0.05) is 17.2 Å². The molecular weight excluding hydrogens is 316 g/mol. The molecule has 1 aromatic heterocycles. The average Bonchev–Trinajstić information content (AvgIpc) is 3.15. The first kappa shape index (κ1) is 16.5. The van der Waals surface area contributed by atoms with E-state index in [9.17, 15) is 4.79 Å². The zero-order valence-electron chi connectivity index (χ0n) is 14.0. The van der Waals surface area contributed by atoms with Crippen LogP contribution in [-0.4, -0.2) is 30.2 Å². The Hall–Kier alpha value is -3.34. The average molecular weight is 334 g/mol. The van der Waals surface area contributed by atoms with E-state index >= 15 is 0 Å².